The third-order valence-corrected chi connectivity index (χ3v) is 4.47. The van der Waals surface area contributed by atoms with Crippen molar-refractivity contribution < 1.29 is 14.1 Å². The smallest absolute Gasteiger partial charge is 0.261 e. The summed E-state index contributed by atoms with van der Waals surface area (Å²) in [6, 6.07) is 12.3. The van der Waals surface area contributed by atoms with Crippen molar-refractivity contribution in [1.29, 1.82) is 0 Å². The van der Waals surface area contributed by atoms with Gasteiger partial charge in [-0.3, -0.25) is 4.79 Å². The van der Waals surface area contributed by atoms with E-state index >= 15 is 0 Å². The number of hydrogen-bond donors (Lipinski definition) is 1. The monoisotopic (exact) mass is 405 g/mol. The molecule has 1 unspecified atom stereocenters. The van der Waals surface area contributed by atoms with Crippen molar-refractivity contribution in [3.05, 3.63) is 64.0 Å². The average molecular weight is 406 g/mol. The molecule has 0 aliphatic heterocycles. The van der Waals surface area contributed by atoms with Crippen molar-refractivity contribution in [3.8, 4) is 17.1 Å². The number of carbonyl (C=O) groups excluding carboxylic acids is 1. The van der Waals surface area contributed by atoms with Crippen molar-refractivity contribution in [2.45, 2.75) is 26.5 Å². The number of nitrogens with zero attached hydrogens (tertiary/aromatic N) is 2. The van der Waals surface area contributed by atoms with E-state index in [1.165, 1.54) is 0 Å². The van der Waals surface area contributed by atoms with Crippen LogP contribution in [0, 0.1) is 6.92 Å². The van der Waals surface area contributed by atoms with E-state index in [1.807, 2.05) is 6.92 Å². The van der Waals surface area contributed by atoms with Crippen molar-refractivity contribution in [1.82, 2.24) is 15.5 Å². The molecule has 0 aliphatic rings. The minimum atomic E-state index is -0.691. The summed E-state index contributed by atoms with van der Waals surface area (Å²) in [5, 5.41) is 7.88. The fraction of sp³-hybridized carbons (Fsp3) is 0.211. The molecule has 3 rings (SSSR count). The van der Waals surface area contributed by atoms with Gasteiger partial charge in [-0.05, 0) is 61.9 Å². The molecule has 1 heterocycles. The van der Waals surface area contributed by atoms with Crippen molar-refractivity contribution in [2.24, 2.45) is 0 Å². The number of halogens is 2. The number of aromatic nitrogens is 2. The molecule has 0 radical (unpaired) electrons. The second-order valence-electron chi connectivity index (χ2n) is 5.91. The van der Waals surface area contributed by atoms with E-state index < -0.39 is 6.10 Å². The van der Waals surface area contributed by atoms with Crippen LogP contribution in [0.15, 0.2) is 47.0 Å². The first-order valence-corrected chi connectivity index (χ1v) is 8.97. The zero-order valence-electron chi connectivity index (χ0n) is 14.7. The van der Waals surface area contributed by atoms with Crippen LogP contribution < -0.4 is 10.1 Å². The average Bonchev–Trinajstić information content (AvgIpc) is 3.12. The molecule has 1 atom stereocenters. The molecule has 1 N–H and O–H groups in total. The highest BCUT2D eigenvalue weighted by Crippen LogP contribution is 2.22. The molecule has 0 saturated carbocycles. The van der Waals surface area contributed by atoms with Crippen LogP contribution in [-0.4, -0.2) is 22.2 Å². The maximum Gasteiger partial charge on any atom is 0.261 e. The van der Waals surface area contributed by atoms with Crippen LogP contribution in [0.2, 0.25) is 10.0 Å². The van der Waals surface area contributed by atoms with Crippen molar-refractivity contribution in [2.75, 3.05) is 0 Å². The predicted octanol–water partition coefficient (Wildman–Crippen LogP) is 4.44. The quantitative estimate of drug-likeness (QED) is 0.655. The van der Waals surface area contributed by atoms with Gasteiger partial charge in [-0.25, -0.2) is 0 Å². The van der Waals surface area contributed by atoms with Crippen LogP contribution in [0.25, 0.3) is 11.4 Å². The van der Waals surface area contributed by atoms with Crippen LogP contribution in [0.3, 0.4) is 0 Å². The zero-order valence-corrected chi connectivity index (χ0v) is 16.2. The van der Waals surface area contributed by atoms with Gasteiger partial charge in [0.05, 0.1) is 6.54 Å². The first-order chi connectivity index (χ1) is 12.9. The minimum absolute atomic E-state index is 0.104. The molecule has 8 heteroatoms. The Kier molecular flexibility index (Phi) is 5.98. The predicted molar refractivity (Wildman–Crippen MR) is 103 cm³/mol. The van der Waals surface area contributed by atoms with Gasteiger partial charge in [-0.15, -0.1) is 0 Å². The fourth-order valence-corrected chi connectivity index (χ4v) is 2.54. The summed E-state index contributed by atoms with van der Waals surface area (Å²) in [4.78, 5) is 16.5. The summed E-state index contributed by atoms with van der Waals surface area (Å²) in [7, 11) is 0. The van der Waals surface area contributed by atoms with Gasteiger partial charge < -0.3 is 14.6 Å². The number of hydrogen-bond acceptors (Lipinski definition) is 5. The Balaban J connectivity index is 1.55. The third-order valence-electron chi connectivity index (χ3n) is 3.80. The summed E-state index contributed by atoms with van der Waals surface area (Å²) in [6.07, 6.45) is -0.691. The molecule has 0 fully saturated rings. The number of nitrogens with one attached hydrogen (secondary N) is 1. The van der Waals surface area contributed by atoms with E-state index in [0.717, 1.165) is 11.1 Å². The second-order valence-corrected chi connectivity index (χ2v) is 6.75. The van der Waals surface area contributed by atoms with Gasteiger partial charge in [0.25, 0.3) is 5.91 Å². The van der Waals surface area contributed by atoms with Gasteiger partial charge in [0.15, 0.2) is 6.10 Å². The lowest BCUT2D eigenvalue weighted by Crippen LogP contribution is -2.36. The highest BCUT2D eigenvalue weighted by molar-refractivity contribution is 6.31. The van der Waals surface area contributed by atoms with E-state index in [1.54, 1.807) is 49.4 Å². The second kappa shape index (κ2) is 8.41. The lowest BCUT2D eigenvalue weighted by atomic mass is 10.2. The van der Waals surface area contributed by atoms with Crippen LogP contribution in [0.1, 0.15) is 18.4 Å². The summed E-state index contributed by atoms with van der Waals surface area (Å²) in [6.45, 7) is 3.63. The minimum Gasteiger partial charge on any atom is -0.481 e. The van der Waals surface area contributed by atoms with Crippen LogP contribution in [0.4, 0.5) is 0 Å². The molecule has 3 aromatic rings. The summed E-state index contributed by atoms with van der Waals surface area (Å²) >= 11 is 11.8. The molecule has 0 bridgehead atoms. The Labute approximate surface area is 166 Å². The van der Waals surface area contributed by atoms with E-state index in [2.05, 4.69) is 15.5 Å². The Morgan fingerprint density at radius 1 is 1.22 bits per heavy atom. The van der Waals surface area contributed by atoms with Gasteiger partial charge in [0.2, 0.25) is 11.7 Å². The van der Waals surface area contributed by atoms with E-state index in [4.69, 9.17) is 32.5 Å². The molecule has 140 valence electrons. The van der Waals surface area contributed by atoms with Gasteiger partial charge in [0.1, 0.15) is 5.75 Å². The Morgan fingerprint density at radius 3 is 2.67 bits per heavy atom. The normalized spacial score (nSPS) is 11.9. The van der Waals surface area contributed by atoms with E-state index in [0.29, 0.717) is 27.5 Å². The molecular weight excluding hydrogens is 389 g/mol. The Morgan fingerprint density at radius 2 is 1.96 bits per heavy atom. The first kappa shape index (κ1) is 19.2. The highest BCUT2D eigenvalue weighted by atomic mass is 35.5. The van der Waals surface area contributed by atoms with Crippen LogP contribution in [-0.2, 0) is 11.3 Å². The highest BCUT2D eigenvalue weighted by Gasteiger charge is 2.16. The Hall–Kier alpha value is -2.57. The topological polar surface area (TPSA) is 77.2 Å². The summed E-state index contributed by atoms with van der Waals surface area (Å²) < 4.78 is 10.8. The number of aryl methyl sites for hydroxylation is 1. The maximum absolute atomic E-state index is 12.2. The molecule has 2 aromatic carbocycles. The lowest BCUT2D eigenvalue weighted by molar-refractivity contribution is -0.127. The van der Waals surface area contributed by atoms with E-state index in [9.17, 15) is 4.79 Å². The largest absolute Gasteiger partial charge is 0.481 e. The van der Waals surface area contributed by atoms with E-state index in [-0.39, 0.29) is 12.5 Å². The summed E-state index contributed by atoms with van der Waals surface area (Å²) in [5.74, 6) is 0.996. The Bertz CT molecular complexity index is 942. The third kappa shape index (κ3) is 4.99. The van der Waals surface area contributed by atoms with Gasteiger partial charge in [-0.1, -0.05) is 28.4 Å². The van der Waals surface area contributed by atoms with Gasteiger partial charge in [0, 0.05) is 15.6 Å². The molecule has 0 saturated heterocycles. The number of rotatable bonds is 6. The number of ether oxygens (including phenoxy) is 1. The number of carbonyl (C=O) groups is 1. The summed E-state index contributed by atoms with van der Waals surface area (Å²) in [5.41, 5.74) is 1.65. The van der Waals surface area contributed by atoms with Crippen molar-refractivity contribution >= 4 is 29.1 Å². The molecule has 6 nitrogen and oxygen atoms in total. The number of amides is 1. The first-order valence-electron chi connectivity index (χ1n) is 8.21. The zero-order chi connectivity index (χ0) is 19.4. The molecular formula is C19H17Cl2N3O3. The molecule has 0 spiro atoms. The maximum atomic E-state index is 12.2. The van der Waals surface area contributed by atoms with Crippen LogP contribution in [0.5, 0.6) is 5.75 Å². The van der Waals surface area contributed by atoms with Crippen molar-refractivity contribution in [3.63, 3.8) is 0 Å². The fourth-order valence-electron chi connectivity index (χ4n) is 2.30. The molecule has 1 amide bonds. The van der Waals surface area contributed by atoms with Gasteiger partial charge >= 0.3 is 0 Å². The molecule has 1 aromatic heterocycles. The SMILES string of the molecule is Cc1cc(OC(C)C(=O)NCc2nc(-c3ccc(Cl)cc3)no2)ccc1Cl. The number of benzene rings is 2. The molecule has 0 aliphatic carbocycles. The lowest BCUT2D eigenvalue weighted by Gasteiger charge is -2.14. The molecule has 27 heavy (non-hydrogen) atoms. The van der Waals surface area contributed by atoms with Gasteiger partial charge in [-0.2, -0.15) is 4.98 Å². The van der Waals surface area contributed by atoms with Crippen LogP contribution >= 0.6 is 23.2 Å². The standard InChI is InChI=1S/C19H17Cl2N3O3/c1-11-9-15(7-8-16(11)21)26-12(2)19(25)22-10-17-23-18(24-27-17)13-3-5-14(20)6-4-13/h3-9,12H,10H2,1-2H3,(H,22,25).